The number of ketones is 1. The molecule has 0 fully saturated rings. The zero-order chi connectivity index (χ0) is 16.4. The molecule has 0 saturated carbocycles. The third-order valence-corrected chi connectivity index (χ3v) is 3.96. The zero-order valence-electron chi connectivity index (χ0n) is 12.3. The molecule has 0 aliphatic rings. The minimum Gasteiger partial charge on any atom is -0.361 e. The molecule has 0 bridgehead atoms. The minimum atomic E-state index is -0.108. The van der Waals surface area contributed by atoms with Gasteiger partial charge in [-0.25, -0.2) is 9.97 Å². The van der Waals surface area contributed by atoms with Crippen LogP contribution in [-0.2, 0) is 0 Å². The highest BCUT2D eigenvalue weighted by Crippen LogP contribution is 2.20. The molecule has 0 unspecified atom stereocenters. The number of rotatable bonds is 4. The van der Waals surface area contributed by atoms with Crippen molar-refractivity contribution in [2.45, 2.75) is 6.92 Å². The maximum absolute atomic E-state index is 12.3. The summed E-state index contributed by atoms with van der Waals surface area (Å²) >= 11 is 12.0. The van der Waals surface area contributed by atoms with E-state index >= 15 is 0 Å². The van der Waals surface area contributed by atoms with E-state index in [0.717, 1.165) is 5.52 Å². The van der Waals surface area contributed by atoms with Crippen LogP contribution in [0.1, 0.15) is 16.1 Å². The summed E-state index contributed by atoms with van der Waals surface area (Å²) < 4.78 is 0. The molecular weight excluding hydrogens is 333 g/mol. The Hall–Kier alpha value is -2.17. The number of halogens is 2. The lowest BCUT2D eigenvalue weighted by Gasteiger charge is -2.09. The predicted octanol–water partition coefficient (Wildman–Crippen LogP) is 4.54. The van der Waals surface area contributed by atoms with E-state index in [0.29, 0.717) is 32.6 Å². The van der Waals surface area contributed by atoms with Crippen LogP contribution in [0.2, 0.25) is 10.0 Å². The lowest BCUT2D eigenvalue weighted by Crippen LogP contribution is -2.16. The highest BCUT2D eigenvalue weighted by Gasteiger charge is 2.11. The summed E-state index contributed by atoms with van der Waals surface area (Å²) in [5.74, 6) is 0.447. The smallest absolute Gasteiger partial charge is 0.183 e. The van der Waals surface area contributed by atoms with Gasteiger partial charge in [0.05, 0.1) is 28.3 Å². The Labute approximate surface area is 143 Å². The van der Waals surface area contributed by atoms with E-state index in [1.165, 1.54) is 0 Å². The number of fused-ring (bicyclic) bond motifs is 1. The molecule has 1 heterocycles. The lowest BCUT2D eigenvalue weighted by atomic mass is 10.1. The minimum absolute atomic E-state index is 0.0886. The monoisotopic (exact) mass is 345 g/mol. The fourth-order valence-corrected chi connectivity index (χ4v) is 2.64. The number of anilines is 1. The summed E-state index contributed by atoms with van der Waals surface area (Å²) in [7, 11) is 0. The molecule has 0 radical (unpaired) electrons. The molecule has 2 aromatic carbocycles. The Morgan fingerprint density at radius 1 is 1.09 bits per heavy atom. The second-order valence-electron chi connectivity index (χ2n) is 5.05. The quantitative estimate of drug-likeness (QED) is 0.705. The molecule has 3 aromatic rings. The maximum Gasteiger partial charge on any atom is 0.183 e. The third-order valence-electron chi connectivity index (χ3n) is 3.39. The number of aromatic nitrogens is 2. The van der Waals surface area contributed by atoms with Gasteiger partial charge in [0.1, 0.15) is 5.82 Å². The lowest BCUT2D eigenvalue weighted by molar-refractivity contribution is 0.101. The van der Waals surface area contributed by atoms with Crippen LogP contribution in [0.25, 0.3) is 11.0 Å². The molecule has 0 aliphatic heterocycles. The SMILES string of the molecule is Cc1nc2ccc(Cl)cc2nc1NCC(=O)c1ccccc1Cl. The van der Waals surface area contributed by atoms with E-state index in [-0.39, 0.29) is 12.3 Å². The van der Waals surface area contributed by atoms with Crippen molar-refractivity contribution in [2.24, 2.45) is 0 Å². The molecule has 4 nitrogen and oxygen atoms in total. The van der Waals surface area contributed by atoms with Crippen molar-refractivity contribution >= 4 is 45.8 Å². The van der Waals surface area contributed by atoms with Crippen LogP contribution in [-0.4, -0.2) is 22.3 Å². The molecule has 1 aromatic heterocycles. The molecule has 0 amide bonds. The Morgan fingerprint density at radius 3 is 2.65 bits per heavy atom. The molecule has 3 rings (SSSR count). The van der Waals surface area contributed by atoms with Crippen LogP contribution >= 0.6 is 23.2 Å². The number of hydrogen-bond acceptors (Lipinski definition) is 4. The van der Waals surface area contributed by atoms with Crippen molar-refractivity contribution in [1.82, 2.24) is 9.97 Å². The van der Waals surface area contributed by atoms with Gasteiger partial charge in [0.25, 0.3) is 0 Å². The van der Waals surface area contributed by atoms with Gasteiger partial charge in [-0.2, -0.15) is 0 Å². The standard InChI is InChI=1S/C17H13Cl2N3O/c1-10-17(22-15-8-11(18)6-7-14(15)21-10)20-9-16(23)12-4-2-3-5-13(12)19/h2-8H,9H2,1H3,(H,20,22). The first kappa shape index (κ1) is 15.7. The molecule has 23 heavy (non-hydrogen) atoms. The van der Waals surface area contributed by atoms with Gasteiger partial charge in [-0.1, -0.05) is 35.3 Å². The molecule has 116 valence electrons. The zero-order valence-corrected chi connectivity index (χ0v) is 13.8. The molecule has 0 saturated heterocycles. The predicted molar refractivity (Wildman–Crippen MR) is 93.6 cm³/mol. The number of nitrogens with one attached hydrogen (secondary N) is 1. The number of nitrogens with zero attached hydrogens (tertiary/aromatic N) is 2. The van der Waals surface area contributed by atoms with Crippen molar-refractivity contribution in [3.05, 3.63) is 63.8 Å². The fraction of sp³-hybridized carbons (Fsp3) is 0.118. The van der Waals surface area contributed by atoms with Gasteiger partial charge in [0.15, 0.2) is 5.78 Å². The van der Waals surface area contributed by atoms with E-state index in [2.05, 4.69) is 15.3 Å². The Morgan fingerprint density at radius 2 is 1.87 bits per heavy atom. The fourth-order valence-electron chi connectivity index (χ4n) is 2.23. The van der Waals surface area contributed by atoms with Crippen molar-refractivity contribution in [3.63, 3.8) is 0 Å². The van der Waals surface area contributed by atoms with Crippen LogP contribution in [0.5, 0.6) is 0 Å². The van der Waals surface area contributed by atoms with Gasteiger partial charge < -0.3 is 5.32 Å². The first-order valence-corrected chi connectivity index (χ1v) is 7.75. The van der Waals surface area contributed by atoms with Crippen molar-refractivity contribution < 1.29 is 4.79 Å². The van der Waals surface area contributed by atoms with E-state index in [9.17, 15) is 4.79 Å². The van der Waals surface area contributed by atoms with Crippen LogP contribution in [0.15, 0.2) is 42.5 Å². The highest BCUT2D eigenvalue weighted by atomic mass is 35.5. The van der Waals surface area contributed by atoms with E-state index < -0.39 is 0 Å². The molecule has 1 N–H and O–H groups in total. The third kappa shape index (κ3) is 3.44. The highest BCUT2D eigenvalue weighted by molar-refractivity contribution is 6.34. The van der Waals surface area contributed by atoms with Gasteiger partial charge in [-0.15, -0.1) is 0 Å². The normalized spacial score (nSPS) is 10.7. The topological polar surface area (TPSA) is 54.9 Å². The maximum atomic E-state index is 12.3. The first-order chi connectivity index (χ1) is 11.0. The Bertz CT molecular complexity index is 896. The number of aryl methyl sites for hydroxylation is 1. The van der Waals surface area contributed by atoms with Crippen LogP contribution in [0, 0.1) is 6.92 Å². The van der Waals surface area contributed by atoms with E-state index in [1.54, 1.807) is 36.4 Å². The van der Waals surface area contributed by atoms with Crippen molar-refractivity contribution in [2.75, 3.05) is 11.9 Å². The van der Waals surface area contributed by atoms with Gasteiger partial charge in [-0.3, -0.25) is 4.79 Å². The molecule has 0 atom stereocenters. The first-order valence-electron chi connectivity index (χ1n) is 7.00. The number of carbonyl (C=O) groups is 1. The second kappa shape index (κ2) is 6.52. The van der Waals surface area contributed by atoms with Gasteiger partial charge in [0.2, 0.25) is 0 Å². The number of Topliss-reactive ketones (excluding diaryl/α,β-unsaturated/α-hetero) is 1. The summed E-state index contributed by atoms with van der Waals surface area (Å²) in [5, 5.41) is 4.05. The van der Waals surface area contributed by atoms with E-state index in [1.807, 2.05) is 13.0 Å². The molecule has 0 spiro atoms. The summed E-state index contributed by atoms with van der Waals surface area (Å²) in [4.78, 5) is 21.2. The van der Waals surface area contributed by atoms with Gasteiger partial charge in [-0.05, 0) is 37.3 Å². The largest absolute Gasteiger partial charge is 0.361 e. The second-order valence-corrected chi connectivity index (χ2v) is 5.89. The summed E-state index contributed by atoms with van der Waals surface area (Å²) in [6.07, 6.45) is 0. The number of hydrogen-bond donors (Lipinski definition) is 1. The molecular formula is C17H13Cl2N3O. The summed E-state index contributed by atoms with van der Waals surface area (Å²) in [6.45, 7) is 1.93. The average Bonchev–Trinajstić information content (AvgIpc) is 2.53. The van der Waals surface area contributed by atoms with Crippen LogP contribution < -0.4 is 5.32 Å². The van der Waals surface area contributed by atoms with Crippen LogP contribution in [0.4, 0.5) is 5.82 Å². The average molecular weight is 346 g/mol. The summed E-state index contributed by atoms with van der Waals surface area (Å²) in [5.41, 5.74) is 2.63. The Kier molecular flexibility index (Phi) is 4.46. The number of benzene rings is 2. The van der Waals surface area contributed by atoms with Gasteiger partial charge in [0, 0.05) is 10.6 Å². The molecule has 0 aliphatic carbocycles. The van der Waals surface area contributed by atoms with Crippen molar-refractivity contribution in [1.29, 1.82) is 0 Å². The van der Waals surface area contributed by atoms with Crippen molar-refractivity contribution in [3.8, 4) is 0 Å². The molecule has 6 heteroatoms. The Balaban J connectivity index is 1.83. The van der Waals surface area contributed by atoms with Crippen LogP contribution in [0.3, 0.4) is 0 Å². The number of carbonyl (C=O) groups excluding carboxylic acids is 1. The summed E-state index contributed by atoms with van der Waals surface area (Å²) in [6, 6.07) is 12.3. The van der Waals surface area contributed by atoms with E-state index in [4.69, 9.17) is 23.2 Å². The van der Waals surface area contributed by atoms with Gasteiger partial charge >= 0.3 is 0 Å².